The van der Waals surface area contributed by atoms with Crippen LogP contribution in [0.4, 0.5) is 5.95 Å². The molecule has 2 N–H and O–H groups in total. The first kappa shape index (κ1) is 15.3. The number of anilines is 1. The number of hydrogen-bond donors (Lipinski definition) is 2. The Labute approximate surface area is 121 Å². The van der Waals surface area contributed by atoms with E-state index < -0.39 is 0 Å². The first-order chi connectivity index (χ1) is 10.0. The van der Waals surface area contributed by atoms with Gasteiger partial charge >= 0.3 is 5.69 Å². The average Bonchev–Trinajstić information content (AvgIpc) is 2.80. The number of aliphatic hydroxyl groups is 1. The fourth-order valence-electron chi connectivity index (χ4n) is 2.27. The van der Waals surface area contributed by atoms with Crippen molar-refractivity contribution in [3.8, 4) is 0 Å². The number of rotatable bonds is 6. The Morgan fingerprint density at radius 2 is 1.95 bits per heavy atom. The van der Waals surface area contributed by atoms with Crippen molar-refractivity contribution in [2.24, 2.45) is 14.1 Å². The third-order valence-corrected chi connectivity index (χ3v) is 3.49. The van der Waals surface area contributed by atoms with E-state index in [9.17, 15) is 9.59 Å². The molecule has 0 bridgehead atoms. The van der Waals surface area contributed by atoms with Crippen molar-refractivity contribution in [1.29, 1.82) is 0 Å². The first-order valence-electron chi connectivity index (χ1n) is 7.03. The fraction of sp³-hybridized carbons (Fsp3) is 0.615. The molecule has 0 fully saturated rings. The van der Waals surface area contributed by atoms with Crippen molar-refractivity contribution >= 4 is 17.1 Å². The summed E-state index contributed by atoms with van der Waals surface area (Å²) in [4.78, 5) is 28.9. The van der Waals surface area contributed by atoms with Gasteiger partial charge in [0, 0.05) is 27.2 Å². The van der Waals surface area contributed by atoms with E-state index in [1.54, 1.807) is 11.6 Å². The third kappa shape index (κ3) is 2.58. The van der Waals surface area contributed by atoms with E-state index in [1.807, 2.05) is 6.92 Å². The minimum absolute atomic E-state index is 0.0378. The van der Waals surface area contributed by atoms with Gasteiger partial charge < -0.3 is 15.0 Å². The molecule has 0 aliphatic heterocycles. The molecule has 0 spiro atoms. The summed E-state index contributed by atoms with van der Waals surface area (Å²) in [6.07, 6.45) is 1.78. The molecule has 0 aromatic carbocycles. The predicted molar refractivity (Wildman–Crippen MR) is 80.7 cm³/mol. The molecule has 0 saturated heterocycles. The van der Waals surface area contributed by atoms with E-state index in [0.29, 0.717) is 30.2 Å². The Morgan fingerprint density at radius 3 is 2.57 bits per heavy atom. The Balaban J connectivity index is 2.71. The minimum atomic E-state index is -0.366. The highest BCUT2D eigenvalue weighted by Crippen LogP contribution is 2.14. The highest BCUT2D eigenvalue weighted by molar-refractivity contribution is 5.74. The van der Waals surface area contributed by atoms with Crippen molar-refractivity contribution in [2.75, 3.05) is 18.5 Å². The van der Waals surface area contributed by atoms with Crippen LogP contribution in [-0.4, -0.2) is 36.9 Å². The second-order valence-electron chi connectivity index (χ2n) is 4.97. The van der Waals surface area contributed by atoms with Gasteiger partial charge in [0.2, 0.25) is 5.95 Å². The zero-order valence-corrected chi connectivity index (χ0v) is 12.6. The number of unbranched alkanes of at least 4 members (excludes halogenated alkanes) is 1. The lowest BCUT2D eigenvalue weighted by molar-refractivity contribution is 0.310. The molecule has 2 heterocycles. The van der Waals surface area contributed by atoms with Crippen LogP contribution in [-0.2, 0) is 20.6 Å². The van der Waals surface area contributed by atoms with Crippen LogP contribution in [0.3, 0.4) is 0 Å². The number of nitrogens with one attached hydrogen (secondary N) is 1. The highest BCUT2D eigenvalue weighted by Gasteiger charge is 2.18. The summed E-state index contributed by atoms with van der Waals surface area (Å²) < 4.78 is 4.26. The molecule has 0 saturated carbocycles. The number of nitrogens with zero attached hydrogens (tertiary/aromatic N) is 4. The van der Waals surface area contributed by atoms with Crippen LogP contribution in [0, 0.1) is 0 Å². The van der Waals surface area contributed by atoms with Crippen molar-refractivity contribution < 1.29 is 5.11 Å². The van der Waals surface area contributed by atoms with E-state index in [1.165, 1.54) is 11.6 Å². The summed E-state index contributed by atoms with van der Waals surface area (Å²) in [7, 11) is 3.19. The van der Waals surface area contributed by atoms with Gasteiger partial charge in [-0.25, -0.2) is 4.79 Å². The van der Waals surface area contributed by atoms with Gasteiger partial charge in [-0.1, -0.05) is 13.3 Å². The van der Waals surface area contributed by atoms with Gasteiger partial charge in [0.1, 0.15) is 0 Å². The van der Waals surface area contributed by atoms with E-state index in [2.05, 4.69) is 10.3 Å². The molecule has 0 amide bonds. The van der Waals surface area contributed by atoms with Crippen molar-refractivity contribution in [2.45, 2.75) is 26.3 Å². The maximum Gasteiger partial charge on any atom is 0.332 e. The molecule has 116 valence electrons. The second-order valence-corrected chi connectivity index (χ2v) is 4.97. The quantitative estimate of drug-likeness (QED) is 0.759. The Morgan fingerprint density at radius 1 is 1.24 bits per heavy atom. The summed E-state index contributed by atoms with van der Waals surface area (Å²) in [6, 6.07) is 0. The van der Waals surface area contributed by atoms with Gasteiger partial charge in [0.05, 0.1) is 6.61 Å². The molecule has 21 heavy (non-hydrogen) atoms. The summed E-state index contributed by atoms with van der Waals surface area (Å²) >= 11 is 0. The maximum absolute atomic E-state index is 12.3. The van der Waals surface area contributed by atoms with E-state index in [0.717, 1.165) is 17.4 Å². The fourth-order valence-corrected chi connectivity index (χ4v) is 2.27. The van der Waals surface area contributed by atoms with Gasteiger partial charge in [-0.2, -0.15) is 4.98 Å². The largest absolute Gasteiger partial charge is 0.395 e. The third-order valence-electron chi connectivity index (χ3n) is 3.49. The Bertz CT molecular complexity index is 756. The zero-order chi connectivity index (χ0) is 15.6. The molecule has 2 aromatic heterocycles. The van der Waals surface area contributed by atoms with Crippen LogP contribution >= 0.6 is 0 Å². The van der Waals surface area contributed by atoms with Gasteiger partial charge in [-0.3, -0.25) is 13.9 Å². The van der Waals surface area contributed by atoms with Crippen LogP contribution in [0.1, 0.15) is 19.8 Å². The van der Waals surface area contributed by atoms with Crippen molar-refractivity contribution in [3.63, 3.8) is 0 Å². The number of aromatic nitrogens is 4. The summed E-state index contributed by atoms with van der Waals surface area (Å²) in [5.74, 6) is 0.465. The molecule has 8 nitrogen and oxygen atoms in total. The van der Waals surface area contributed by atoms with Gasteiger partial charge in [0.25, 0.3) is 5.56 Å². The van der Waals surface area contributed by atoms with E-state index in [-0.39, 0.29) is 17.9 Å². The maximum atomic E-state index is 12.3. The smallest absolute Gasteiger partial charge is 0.332 e. The molecule has 0 aliphatic rings. The summed E-state index contributed by atoms with van der Waals surface area (Å²) in [5.41, 5.74) is 0.0516. The Kier molecular flexibility index (Phi) is 4.46. The average molecular weight is 295 g/mol. The van der Waals surface area contributed by atoms with E-state index >= 15 is 0 Å². The lowest BCUT2D eigenvalue weighted by Crippen LogP contribution is -2.38. The highest BCUT2D eigenvalue weighted by atomic mass is 16.3. The molecule has 0 aliphatic carbocycles. The van der Waals surface area contributed by atoms with Crippen LogP contribution in [0.2, 0.25) is 0 Å². The molecule has 8 heteroatoms. The number of hydrogen-bond acceptors (Lipinski definition) is 5. The van der Waals surface area contributed by atoms with Crippen LogP contribution < -0.4 is 16.6 Å². The standard InChI is InChI=1S/C13H21N5O3/c1-4-5-7-18-10-9(11(20)17(3)13(18)21)16(2)12(15-10)14-6-8-19/h19H,4-8H2,1-3H3,(H,14,15). The molecule has 2 aromatic rings. The monoisotopic (exact) mass is 295 g/mol. The number of fused-ring (bicyclic) bond motifs is 1. The SMILES string of the molecule is CCCCn1c(=O)n(C)c(=O)c2c1nc(NCCO)n2C. The number of aliphatic hydroxyl groups excluding tert-OH is 1. The number of aryl methyl sites for hydroxylation is 2. The normalized spacial score (nSPS) is 11.2. The molecular weight excluding hydrogens is 274 g/mol. The van der Waals surface area contributed by atoms with Gasteiger partial charge in [-0.05, 0) is 6.42 Å². The Hall–Kier alpha value is -2.09. The van der Waals surface area contributed by atoms with Gasteiger partial charge in [-0.15, -0.1) is 0 Å². The van der Waals surface area contributed by atoms with Crippen LogP contribution in [0.5, 0.6) is 0 Å². The molecule has 0 radical (unpaired) electrons. The van der Waals surface area contributed by atoms with Crippen LogP contribution in [0.25, 0.3) is 11.2 Å². The topological polar surface area (TPSA) is 94.1 Å². The first-order valence-corrected chi connectivity index (χ1v) is 7.03. The molecule has 0 atom stereocenters. The van der Waals surface area contributed by atoms with Crippen molar-refractivity contribution in [3.05, 3.63) is 20.8 Å². The van der Waals surface area contributed by atoms with E-state index in [4.69, 9.17) is 5.11 Å². The summed E-state index contributed by atoms with van der Waals surface area (Å²) in [6.45, 7) is 2.85. The molecular formula is C13H21N5O3. The summed E-state index contributed by atoms with van der Waals surface area (Å²) in [5, 5.41) is 11.8. The predicted octanol–water partition coefficient (Wildman–Crippen LogP) is -0.362. The van der Waals surface area contributed by atoms with Crippen molar-refractivity contribution in [1.82, 2.24) is 18.7 Å². The van der Waals surface area contributed by atoms with Gasteiger partial charge in [0.15, 0.2) is 11.2 Å². The molecule has 2 rings (SSSR count). The zero-order valence-electron chi connectivity index (χ0n) is 12.6. The second kappa shape index (κ2) is 6.13. The van der Waals surface area contributed by atoms with Crippen LogP contribution in [0.15, 0.2) is 9.59 Å². The minimum Gasteiger partial charge on any atom is -0.395 e. The molecule has 0 unspecified atom stereocenters. The number of imidazole rings is 1. The lowest BCUT2D eigenvalue weighted by atomic mass is 10.3. The lowest BCUT2D eigenvalue weighted by Gasteiger charge is -2.08.